The molecular formula is C15H15F3N2. The zero-order valence-electron chi connectivity index (χ0n) is 11.3. The maximum Gasteiger partial charge on any atom is 0.416 e. The van der Waals surface area contributed by atoms with Crippen molar-refractivity contribution in [3.8, 4) is 11.3 Å². The third kappa shape index (κ3) is 3.10. The molecule has 0 bridgehead atoms. The van der Waals surface area contributed by atoms with Crippen LogP contribution < -0.4 is 5.32 Å². The largest absolute Gasteiger partial charge is 0.416 e. The van der Waals surface area contributed by atoms with E-state index in [-0.39, 0.29) is 0 Å². The second kappa shape index (κ2) is 5.53. The summed E-state index contributed by atoms with van der Waals surface area (Å²) in [5.41, 5.74) is 2.19. The fraction of sp³-hybridized carbons (Fsp3) is 0.267. The van der Waals surface area contributed by atoms with Crippen LogP contribution in [0, 0.1) is 6.92 Å². The SMILES string of the molecule is CCNc1ccnc(-c2ccc(C(F)(F)F)cc2C)c1. The van der Waals surface area contributed by atoms with Crippen molar-refractivity contribution in [3.05, 3.63) is 47.7 Å². The average molecular weight is 280 g/mol. The number of hydrogen-bond acceptors (Lipinski definition) is 2. The summed E-state index contributed by atoms with van der Waals surface area (Å²) in [4.78, 5) is 4.22. The Balaban J connectivity index is 2.41. The summed E-state index contributed by atoms with van der Waals surface area (Å²) in [7, 11) is 0. The molecule has 0 saturated heterocycles. The molecule has 0 aliphatic rings. The van der Waals surface area contributed by atoms with Crippen LogP contribution in [-0.2, 0) is 6.18 Å². The van der Waals surface area contributed by atoms with Gasteiger partial charge in [-0.05, 0) is 43.7 Å². The van der Waals surface area contributed by atoms with Crippen molar-refractivity contribution in [1.29, 1.82) is 0 Å². The lowest BCUT2D eigenvalue weighted by molar-refractivity contribution is -0.137. The van der Waals surface area contributed by atoms with Gasteiger partial charge in [-0.3, -0.25) is 4.98 Å². The van der Waals surface area contributed by atoms with E-state index in [2.05, 4.69) is 10.3 Å². The average Bonchev–Trinajstić information content (AvgIpc) is 2.38. The Morgan fingerprint density at radius 2 is 1.90 bits per heavy atom. The number of nitrogens with zero attached hydrogens (tertiary/aromatic N) is 1. The number of nitrogens with one attached hydrogen (secondary N) is 1. The molecule has 1 N–H and O–H groups in total. The molecular weight excluding hydrogens is 265 g/mol. The number of aromatic nitrogens is 1. The Bertz CT molecular complexity index is 606. The van der Waals surface area contributed by atoms with Gasteiger partial charge < -0.3 is 5.32 Å². The van der Waals surface area contributed by atoms with Gasteiger partial charge in [0, 0.05) is 24.0 Å². The maximum atomic E-state index is 12.6. The van der Waals surface area contributed by atoms with Crippen molar-refractivity contribution in [2.45, 2.75) is 20.0 Å². The first kappa shape index (κ1) is 14.4. The van der Waals surface area contributed by atoms with Gasteiger partial charge in [-0.2, -0.15) is 13.2 Å². The zero-order chi connectivity index (χ0) is 14.8. The molecule has 0 atom stereocenters. The van der Waals surface area contributed by atoms with Crippen LogP contribution >= 0.6 is 0 Å². The van der Waals surface area contributed by atoms with Crippen LogP contribution in [0.2, 0.25) is 0 Å². The highest BCUT2D eigenvalue weighted by Gasteiger charge is 2.30. The number of halogens is 3. The van der Waals surface area contributed by atoms with Crippen molar-refractivity contribution in [2.75, 3.05) is 11.9 Å². The minimum Gasteiger partial charge on any atom is -0.385 e. The van der Waals surface area contributed by atoms with Gasteiger partial charge in [0.05, 0.1) is 11.3 Å². The Hall–Kier alpha value is -2.04. The molecule has 20 heavy (non-hydrogen) atoms. The molecule has 2 rings (SSSR count). The van der Waals surface area contributed by atoms with E-state index in [4.69, 9.17) is 0 Å². The van der Waals surface area contributed by atoms with Crippen molar-refractivity contribution in [2.24, 2.45) is 0 Å². The third-order valence-corrected chi connectivity index (χ3v) is 2.97. The molecule has 2 aromatic rings. The zero-order valence-corrected chi connectivity index (χ0v) is 11.3. The van der Waals surface area contributed by atoms with E-state index < -0.39 is 11.7 Å². The molecule has 0 saturated carbocycles. The van der Waals surface area contributed by atoms with Gasteiger partial charge in [0.1, 0.15) is 0 Å². The fourth-order valence-corrected chi connectivity index (χ4v) is 2.02. The Kier molecular flexibility index (Phi) is 3.97. The number of rotatable bonds is 3. The van der Waals surface area contributed by atoms with Gasteiger partial charge in [-0.15, -0.1) is 0 Å². The molecule has 106 valence electrons. The molecule has 0 fully saturated rings. The normalized spacial score (nSPS) is 11.4. The Morgan fingerprint density at radius 3 is 2.50 bits per heavy atom. The van der Waals surface area contributed by atoms with Gasteiger partial charge >= 0.3 is 6.18 Å². The molecule has 0 aliphatic heterocycles. The van der Waals surface area contributed by atoms with Gasteiger partial charge in [0.15, 0.2) is 0 Å². The lowest BCUT2D eigenvalue weighted by atomic mass is 10.0. The Morgan fingerprint density at radius 1 is 1.15 bits per heavy atom. The highest BCUT2D eigenvalue weighted by Crippen LogP contribution is 2.33. The van der Waals surface area contributed by atoms with Crippen molar-refractivity contribution >= 4 is 5.69 Å². The topological polar surface area (TPSA) is 24.9 Å². The van der Waals surface area contributed by atoms with Crippen LogP contribution in [0.3, 0.4) is 0 Å². The minimum atomic E-state index is -4.32. The van der Waals surface area contributed by atoms with E-state index in [0.29, 0.717) is 16.8 Å². The monoisotopic (exact) mass is 280 g/mol. The van der Waals surface area contributed by atoms with Gasteiger partial charge in [-0.1, -0.05) is 6.07 Å². The summed E-state index contributed by atoms with van der Waals surface area (Å²) in [6.07, 6.45) is -2.67. The van der Waals surface area contributed by atoms with Gasteiger partial charge in [0.25, 0.3) is 0 Å². The highest BCUT2D eigenvalue weighted by atomic mass is 19.4. The first-order valence-corrected chi connectivity index (χ1v) is 6.30. The molecule has 0 radical (unpaired) electrons. The molecule has 1 heterocycles. The molecule has 5 heteroatoms. The number of anilines is 1. The van der Waals surface area contributed by atoms with Gasteiger partial charge in [0.2, 0.25) is 0 Å². The number of aryl methyl sites for hydroxylation is 1. The number of alkyl halides is 3. The predicted molar refractivity (Wildman–Crippen MR) is 73.6 cm³/mol. The van der Waals surface area contributed by atoms with Crippen molar-refractivity contribution < 1.29 is 13.2 Å². The summed E-state index contributed by atoms with van der Waals surface area (Å²) >= 11 is 0. The summed E-state index contributed by atoms with van der Waals surface area (Å²) in [5, 5.41) is 3.15. The summed E-state index contributed by atoms with van der Waals surface area (Å²) in [6, 6.07) is 7.36. The van der Waals surface area contributed by atoms with E-state index in [1.54, 1.807) is 13.1 Å². The summed E-state index contributed by atoms with van der Waals surface area (Å²) in [5.74, 6) is 0. The van der Waals surface area contributed by atoms with Crippen molar-refractivity contribution in [1.82, 2.24) is 4.98 Å². The number of pyridine rings is 1. The standard InChI is InChI=1S/C15H15F3N2/c1-3-19-12-6-7-20-14(9-12)13-5-4-11(8-10(13)2)15(16,17)18/h4-9H,3H2,1-2H3,(H,19,20). The molecule has 2 nitrogen and oxygen atoms in total. The second-order valence-electron chi connectivity index (χ2n) is 4.49. The highest BCUT2D eigenvalue weighted by molar-refractivity contribution is 5.67. The van der Waals surface area contributed by atoms with E-state index in [1.807, 2.05) is 19.1 Å². The van der Waals surface area contributed by atoms with Crippen LogP contribution in [0.15, 0.2) is 36.5 Å². The molecule has 1 aromatic carbocycles. The fourth-order valence-electron chi connectivity index (χ4n) is 2.02. The molecule has 0 aliphatic carbocycles. The van der Waals surface area contributed by atoms with Crippen LogP contribution in [0.5, 0.6) is 0 Å². The molecule has 1 aromatic heterocycles. The molecule has 0 unspecified atom stereocenters. The lowest BCUT2D eigenvalue weighted by Gasteiger charge is -2.11. The van der Waals surface area contributed by atoms with E-state index >= 15 is 0 Å². The van der Waals surface area contributed by atoms with E-state index in [1.165, 1.54) is 6.07 Å². The van der Waals surface area contributed by atoms with Crippen LogP contribution in [0.25, 0.3) is 11.3 Å². The molecule has 0 amide bonds. The van der Waals surface area contributed by atoms with E-state index in [9.17, 15) is 13.2 Å². The first-order valence-electron chi connectivity index (χ1n) is 6.30. The third-order valence-electron chi connectivity index (χ3n) is 2.97. The van der Waals surface area contributed by atoms with Crippen molar-refractivity contribution in [3.63, 3.8) is 0 Å². The van der Waals surface area contributed by atoms with Crippen LogP contribution in [-0.4, -0.2) is 11.5 Å². The number of hydrogen-bond donors (Lipinski definition) is 1. The summed E-state index contributed by atoms with van der Waals surface area (Å²) in [6.45, 7) is 4.41. The maximum absolute atomic E-state index is 12.6. The summed E-state index contributed by atoms with van der Waals surface area (Å²) < 4.78 is 37.9. The predicted octanol–water partition coefficient (Wildman–Crippen LogP) is 4.51. The first-order chi connectivity index (χ1) is 9.41. The van der Waals surface area contributed by atoms with E-state index in [0.717, 1.165) is 24.4 Å². The lowest BCUT2D eigenvalue weighted by Crippen LogP contribution is -2.05. The number of benzene rings is 1. The quantitative estimate of drug-likeness (QED) is 0.895. The second-order valence-corrected chi connectivity index (χ2v) is 4.49. The van der Waals surface area contributed by atoms with Crippen LogP contribution in [0.1, 0.15) is 18.1 Å². The Labute approximate surface area is 115 Å². The smallest absolute Gasteiger partial charge is 0.385 e. The molecule has 0 spiro atoms. The van der Waals surface area contributed by atoms with Crippen LogP contribution in [0.4, 0.5) is 18.9 Å². The minimum absolute atomic E-state index is 0.556. The van der Waals surface area contributed by atoms with Gasteiger partial charge in [-0.25, -0.2) is 0 Å².